The zero-order valence-electron chi connectivity index (χ0n) is 21.0. The number of hydrogen-bond acceptors (Lipinski definition) is 5. The van der Waals surface area contributed by atoms with Crippen molar-refractivity contribution in [2.24, 2.45) is 11.8 Å². The van der Waals surface area contributed by atoms with Crippen LogP contribution in [0.25, 0.3) is 10.9 Å². The maximum absolute atomic E-state index is 13.6. The molecule has 1 aliphatic carbocycles. The molecule has 0 spiro atoms. The Hall–Kier alpha value is -4.34. The number of H-pyrrole nitrogens is 1. The average Bonchev–Trinajstić information content (AvgIpc) is 3.64. The second kappa shape index (κ2) is 10.6. The molecular weight excluding hydrogens is 488 g/mol. The Morgan fingerprint density at radius 1 is 1.08 bits per heavy atom. The SMILES string of the molecule is COc1cccc2[nH]c(C(=O)NC(C(=O)NC(CC3CCNC3=O)C(=O)O)C3Cc4ccccc4C3)cc12. The van der Waals surface area contributed by atoms with Gasteiger partial charge in [0, 0.05) is 23.4 Å². The summed E-state index contributed by atoms with van der Waals surface area (Å²) in [6, 6.07) is 12.7. The number of ether oxygens (including phenoxy) is 1. The minimum absolute atomic E-state index is 0.0136. The molecular formula is C28H30N4O6. The van der Waals surface area contributed by atoms with Crippen molar-refractivity contribution in [3.63, 3.8) is 0 Å². The van der Waals surface area contributed by atoms with E-state index in [1.807, 2.05) is 36.4 Å². The lowest BCUT2D eigenvalue weighted by molar-refractivity contribution is -0.143. The van der Waals surface area contributed by atoms with Gasteiger partial charge in [-0.2, -0.15) is 0 Å². The van der Waals surface area contributed by atoms with Crippen molar-refractivity contribution in [1.29, 1.82) is 0 Å². The third-order valence-electron chi connectivity index (χ3n) is 7.51. The molecule has 0 radical (unpaired) electrons. The fraction of sp³-hybridized carbons (Fsp3) is 0.357. The van der Waals surface area contributed by atoms with Crippen LogP contribution in [-0.2, 0) is 27.2 Å². The molecule has 2 aliphatic rings. The summed E-state index contributed by atoms with van der Waals surface area (Å²) in [4.78, 5) is 54.0. The molecule has 0 bridgehead atoms. The molecule has 5 rings (SSSR count). The number of carbonyl (C=O) groups excluding carboxylic acids is 3. The Morgan fingerprint density at radius 2 is 1.82 bits per heavy atom. The van der Waals surface area contributed by atoms with E-state index in [1.54, 1.807) is 19.2 Å². The molecule has 2 aromatic carbocycles. The molecule has 2 heterocycles. The highest BCUT2D eigenvalue weighted by atomic mass is 16.5. The van der Waals surface area contributed by atoms with Gasteiger partial charge in [-0.15, -0.1) is 0 Å². The van der Waals surface area contributed by atoms with E-state index in [4.69, 9.17) is 4.74 Å². The third-order valence-corrected chi connectivity index (χ3v) is 7.51. The van der Waals surface area contributed by atoms with Crippen LogP contribution in [0.2, 0.25) is 0 Å². The van der Waals surface area contributed by atoms with E-state index in [-0.39, 0.29) is 23.9 Å². The average molecular weight is 519 g/mol. The molecule has 3 atom stereocenters. The van der Waals surface area contributed by atoms with E-state index >= 15 is 0 Å². The standard InChI is InChI=1S/C28H30N4O6/c1-38-23-8-4-7-20-19(23)14-21(30-20)26(34)32-24(18-11-15-5-2-3-6-16(15)12-18)27(35)31-22(28(36)37)13-17-9-10-29-25(17)33/h2-8,14,17-18,22,24,30H,9-13H2,1H3,(H,29,33)(H,31,35)(H,32,34)(H,36,37). The van der Waals surface area contributed by atoms with Crippen LogP contribution in [0.15, 0.2) is 48.5 Å². The molecule has 3 unspecified atom stereocenters. The summed E-state index contributed by atoms with van der Waals surface area (Å²) in [6.45, 7) is 0.484. The smallest absolute Gasteiger partial charge is 0.326 e. The van der Waals surface area contributed by atoms with Gasteiger partial charge < -0.3 is 30.8 Å². The number of methoxy groups -OCH3 is 1. The number of amides is 3. The van der Waals surface area contributed by atoms with Crippen molar-refractivity contribution < 1.29 is 29.0 Å². The Bertz CT molecular complexity index is 1370. The maximum Gasteiger partial charge on any atom is 0.326 e. The number of carboxylic acid groups (broad SMARTS) is 1. The summed E-state index contributed by atoms with van der Waals surface area (Å²) in [7, 11) is 1.55. The van der Waals surface area contributed by atoms with Gasteiger partial charge in [0.25, 0.3) is 5.91 Å². The first-order chi connectivity index (χ1) is 18.3. The van der Waals surface area contributed by atoms with Gasteiger partial charge in [0.1, 0.15) is 23.5 Å². The van der Waals surface area contributed by atoms with Gasteiger partial charge in [-0.05, 0) is 60.9 Å². The summed E-state index contributed by atoms with van der Waals surface area (Å²) < 4.78 is 5.39. The summed E-state index contributed by atoms with van der Waals surface area (Å²) in [5.41, 5.74) is 3.16. The van der Waals surface area contributed by atoms with Gasteiger partial charge >= 0.3 is 5.97 Å². The lowest BCUT2D eigenvalue weighted by Crippen LogP contribution is -2.55. The zero-order chi connectivity index (χ0) is 26.8. The predicted molar refractivity (Wildman–Crippen MR) is 139 cm³/mol. The molecule has 198 valence electrons. The number of rotatable bonds is 9. The summed E-state index contributed by atoms with van der Waals surface area (Å²) in [6.07, 6.45) is 1.64. The lowest BCUT2D eigenvalue weighted by Gasteiger charge is -2.26. The number of hydrogen-bond donors (Lipinski definition) is 5. The fourth-order valence-electron chi connectivity index (χ4n) is 5.51. The third kappa shape index (κ3) is 5.06. The van der Waals surface area contributed by atoms with Crippen LogP contribution < -0.4 is 20.7 Å². The number of carboxylic acids is 1. The number of nitrogens with one attached hydrogen (secondary N) is 4. The molecule has 0 saturated carbocycles. The minimum atomic E-state index is -1.25. The van der Waals surface area contributed by atoms with E-state index in [2.05, 4.69) is 20.9 Å². The molecule has 5 N–H and O–H groups in total. The molecule has 3 amide bonds. The number of aromatic amines is 1. The van der Waals surface area contributed by atoms with Gasteiger partial charge in [-0.3, -0.25) is 14.4 Å². The number of aliphatic carboxylic acids is 1. The molecule has 3 aromatic rings. The van der Waals surface area contributed by atoms with Crippen LogP contribution in [0.5, 0.6) is 5.75 Å². The van der Waals surface area contributed by atoms with Gasteiger partial charge in [-0.25, -0.2) is 4.79 Å². The summed E-state index contributed by atoms with van der Waals surface area (Å²) in [5.74, 6) is -2.65. The van der Waals surface area contributed by atoms with E-state index in [0.717, 1.165) is 16.5 Å². The Balaban J connectivity index is 1.38. The largest absolute Gasteiger partial charge is 0.496 e. The van der Waals surface area contributed by atoms with Crippen LogP contribution in [-0.4, -0.2) is 59.5 Å². The first kappa shape index (κ1) is 25.3. The maximum atomic E-state index is 13.6. The van der Waals surface area contributed by atoms with Crippen molar-refractivity contribution in [3.05, 3.63) is 65.4 Å². The van der Waals surface area contributed by atoms with Crippen LogP contribution >= 0.6 is 0 Å². The summed E-state index contributed by atoms with van der Waals surface area (Å²) >= 11 is 0. The van der Waals surface area contributed by atoms with Crippen molar-refractivity contribution in [1.82, 2.24) is 20.9 Å². The molecule has 1 aliphatic heterocycles. The van der Waals surface area contributed by atoms with Crippen LogP contribution in [0, 0.1) is 11.8 Å². The zero-order valence-corrected chi connectivity index (χ0v) is 21.0. The van der Waals surface area contributed by atoms with Crippen LogP contribution in [0.1, 0.15) is 34.5 Å². The number of aromatic nitrogens is 1. The highest BCUT2D eigenvalue weighted by Gasteiger charge is 2.38. The number of carbonyl (C=O) groups is 4. The van der Waals surface area contributed by atoms with Gasteiger partial charge in [-0.1, -0.05) is 30.3 Å². The van der Waals surface area contributed by atoms with Crippen LogP contribution in [0.4, 0.5) is 0 Å². The van der Waals surface area contributed by atoms with E-state index in [0.29, 0.717) is 37.1 Å². The molecule has 10 heteroatoms. The molecule has 1 aromatic heterocycles. The van der Waals surface area contributed by atoms with Crippen molar-refractivity contribution in [2.45, 2.75) is 37.8 Å². The highest BCUT2D eigenvalue weighted by Crippen LogP contribution is 2.30. The van der Waals surface area contributed by atoms with Gasteiger partial charge in [0.2, 0.25) is 11.8 Å². The number of benzene rings is 2. The van der Waals surface area contributed by atoms with E-state index < -0.39 is 35.8 Å². The molecule has 10 nitrogen and oxygen atoms in total. The molecule has 1 fully saturated rings. The lowest BCUT2D eigenvalue weighted by atomic mass is 9.94. The van der Waals surface area contributed by atoms with E-state index in [1.165, 1.54) is 0 Å². The molecule has 1 saturated heterocycles. The first-order valence-corrected chi connectivity index (χ1v) is 12.7. The van der Waals surface area contributed by atoms with Crippen molar-refractivity contribution in [3.8, 4) is 5.75 Å². The monoisotopic (exact) mass is 518 g/mol. The number of fused-ring (bicyclic) bond motifs is 2. The second-order valence-corrected chi connectivity index (χ2v) is 9.90. The Labute approximate surface area is 219 Å². The first-order valence-electron chi connectivity index (χ1n) is 12.7. The second-order valence-electron chi connectivity index (χ2n) is 9.90. The molecule has 38 heavy (non-hydrogen) atoms. The van der Waals surface area contributed by atoms with Gasteiger partial charge in [0.15, 0.2) is 0 Å². The predicted octanol–water partition coefficient (Wildman–Crippen LogP) is 1.79. The highest BCUT2D eigenvalue weighted by molar-refractivity contribution is 6.02. The minimum Gasteiger partial charge on any atom is -0.496 e. The Kier molecular flexibility index (Phi) is 7.04. The van der Waals surface area contributed by atoms with Crippen molar-refractivity contribution >= 4 is 34.6 Å². The normalized spacial score (nSPS) is 18.4. The van der Waals surface area contributed by atoms with Gasteiger partial charge in [0.05, 0.1) is 7.11 Å². The van der Waals surface area contributed by atoms with Crippen LogP contribution in [0.3, 0.4) is 0 Å². The Morgan fingerprint density at radius 3 is 2.45 bits per heavy atom. The van der Waals surface area contributed by atoms with Crippen molar-refractivity contribution in [2.75, 3.05) is 13.7 Å². The quantitative estimate of drug-likeness (QED) is 0.292. The summed E-state index contributed by atoms with van der Waals surface area (Å²) in [5, 5.41) is 18.7. The topological polar surface area (TPSA) is 150 Å². The fourth-order valence-corrected chi connectivity index (χ4v) is 5.51. The van der Waals surface area contributed by atoms with E-state index in [9.17, 15) is 24.3 Å².